The van der Waals surface area contributed by atoms with Gasteiger partial charge in [-0.1, -0.05) is 17.7 Å². The summed E-state index contributed by atoms with van der Waals surface area (Å²) in [5.74, 6) is 0.0942. The molecule has 1 aromatic carbocycles. The average Bonchev–Trinajstić information content (AvgIpc) is 2.78. The Hall–Kier alpha value is -1.30. The highest BCUT2D eigenvalue weighted by molar-refractivity contribution is 6.30. The number of carbonyl (C=O) groups is 2. The van der Waals surface area contributed by atoms with Crippen molar-refractivity contribution >= 4 is 35.8 Å². The molecule has 134 valence electrons. The van der Waals surface area contributed by atoms with Crippen LogP contribution < -0.4 is 5.73 Å². The van der Waals surface area contributed by atoms with Gasteiger partial charge < -0.3 is 15.5 Å². The summed E-state index contributed by atoms with van der Waals surface area (Å²) in [6.45, 7) is 4.37. The first kappa shape index (κ1) is 20.7. The fourth-order valence-electron chi connectivity index (χ4n) is 2.68. The van der Waals surface area contributed by atoms with Gasteiger partial charge in [-0.2, -0.15) is 0 Å². The second-order valence-corrected chi connectivity index (χ2v) is 6.49. The monoisotopic (exact) mass is 373 g/mol. The van der Waals surface area contributed by atoms with E-state index in [9.17, 15) is 9.59 Å². The van der Waals surface area contributed by atoms with Crippen LogP contribution in [0.2, 0.25) is 5.02 Å². The first-order valence-corrected chi connectivity index (χ1v) is 8.43. The molecule has 5 nitrogen and oxygen atoms in total. The number of hydrogen-bond acceptors (Lipinski definition) is 3. The lowest BCUT2D eigenvalue weighted by molar-refractivity contribution is -0.131. The van der Waals surface area contributed by atoms with Gasteiger partial charge in [-0.3, -0.25) is 9.59 Å². The molecule has 7 heteroatoms. The molecule has 0 aromatic heterocycles. The lowest BCUT2D eigenvalue weighted by atomic mass is 10.2. The van der Waals surface area contributed by atoms with Gasteiger partial charge in [-0.05, 0) is 38.0 Å². The van der Waals surface area contributed by atoms with E-state index in [0.29, 0.717) is 49.6 Å². The van der Waals surface area contributed by atoms with Gasteiger partial charge >= 0.3 is 0 Å². The first-order valence-electron chi connectivity index (χ1n) is 8.05. The molecule has 1 aromatic rings. The Bertz CT molecular complexity index is 567. The summed E-state index contributed by atoms with van der Waals surface area (Å²) in [6.07, 6.45) is 1.95. The van der Waals surface area contributed by atoms with Gasteiger partial charge in [0.1, 0.15) is 0 Å². The Balaban J connectivity index is 0.00000288. The number of hydrogen-bond donors (Lipinski definition) is 1. The van der Waals surface area contributed by atoms with Crippen LogP contribution in [0.1, 0.15) is 36.5 Å². The van der Waals surface area contributed by atoms with Crippen LogP contribution in [-0.4, -0.2) is 53.8 Å². The lowest BCUT2D eigenvalue weighted by Gasteiger charge is -2.22. The van der Waals surface area contributed by atoms with E-state index in [1.165, 1.54) is 0 Å². The van der Waals surface area contributed by atoms with Crippen molar-refractivity contribution in [1.29, 1.82) is 0 Å². The van der Waals surface area contributed by atoms with Gasteiger partial charge in [0, 0.05) is 49.2 Å². The summed E-state index contributed by atoms with van der Waals surface area (Å²) in [6, 6.07) is 7.01. The van der Waals surface area contributed by atoms with Crippen molar-refractivity contribution in [2.24, 2.45) is 5.73 Å². The molecule has 2 rings (SSSR count). The highest BCUT2D eigenvalue weighted by Gasteiger charge is 2.22. The third-order valence-electron chi connectivity index (χ3n) is 4.02. The number of carbonyl (C=O) groups excluding carboxylic acids is 2. The van der Waals surface area contributed by atoms with Crippen molar-refractivity contribution in [1.82, 2.24) is 9.80 Å². The summed E-state index contributed by atoms with van der Waals surface area (Å²) >= 11 is 5.95. The molecular weight excluding hydrogens is 349 g/mol. The standard InChI is InChI=1S/C17H24ClN3O2.ClH/c1-13(19)6-7-16(22)20-8-3-9-21(11-10-20)17(23)14-4-2-5-15(18)12-14;/h2,4-5,12-13H,3,6-11,19H2,1H3;1H. The molecule has 24 heavy (non-hydrogen) atoms. The van der Waals surface area contributed by atoms with Gasteiger partial charge in [0.25, 0.3) is 5.91 Å². The second-order valence-electron chi connectivity index (χ2n) is 6.05. The maximum absolute atomic E-state index is 12.5. The average molecular weight is 374 g/mol. The Morgan fingerprint density at radius 1 is 1.21 bits per heavy atom. The number of rotatable bonds is 4. The van der Waals surface area contributed by atoms with Gasteiger partial charge in [0.05, 0.1) is 0 Å². The zero-order chi connectivity index (χ0) is 16.8. The number of nitrogens with zero attached hydrogens (tertiary/aromatic N) is 2. The Kier molecular flexibility index (Phi) is 8.53. The molecule has 1 saturated heterocycles. The molecule has 0 radical (unpaired) electrons. The van der Waals surface area contributed by atoms with E-state index in [0.717, 1.165) is 6.42 Å². The largest absolute Gasteiger partial charge is 0.341 e. The number of nitrogens with two attached hydrogens (primary N) is 1. The summed E-state index contributed by atoms with van der Waals surface area (Å²) < 4.78 is 0. The van der Waals surface area contributed by atoms with Crippen LogP contribution >= 0.6 is 24.0 Å². The van der Waals surface area contributed by atoms with E-state index in [2.05, 4.69) is 0 Å². The Morgan fingerprint density at radius 3 is 2.54 bits per heavy atom. The highest BCUT2D eigenvalue weighted by atomic mass is 35.5. The van der Waals surface area contributed by atoms with Crippen LogP contribution in [0, 0.1) is 0 Å². The minimum absolute atomic E-state index is 0. The maximum atomic E-state index is 12.5. The molecule has 1 fully saturated rings. The van der Waals surface area contributed by atoms with Crippen molar-refractivity contribution < 1.29 is 9.59 Å². The predicted molar refractivity (Wildman–Crippen MR) is 98.7 cm³/mol. The minimum Gasteiger partial charge on any atom is -0.341 e. The molecule has 1 atom stereocenters. The molecular formula is C17H25Cl2N3O2. The quantitative estimate of drug-likeness (QED) is 0.881. The molecule has 1 unspecified atom stereocenters. The SMILES string of the molecule is CC(N)CCC(=O)N1CCCN(C(=O)c2cccc(Cl)c2)CC1.Cl. The van der Waals surface area contributed by atoms with E-state index in [4.69, 9.17) is 17.3 Å². The zero-order valence-corrected chi connectivity index (χ0v) is 15.5. The topological polar surface area (TPSA) is 66.6 Å². The van der Waals surface area contributed by atoms with Crippen LogP contribution in [0.3, 0.4) is 0 Å². The van der Waals surface area contributed by atoms with Crippen LogP contribution in [0.5, 0.6) is 0 Å². The smallest absolute Gasteiger partial charge is 0.253 e. The van der Waals surface area contributed by atoms with Crippen molar-refractivity contribution in [3.8, 4) is 0 Å². The van der Waals surface area contributed by atoms with Crippen LogP contribution in [0.15, 0.2) is 24.3 Å². The summed E-state index contributed by atoms with van der Waals surface area (Å²) in [4.78, 5) is 28.4. The first-order chi connectivity index (χ1) is 11.0. The minimum atomic E-state index is -0.0302. The Morgan fingerprint density at radius 2 is 1.88 bits per heavy atom. The predicted octanol–water partition coefficient (Wildman–Crippen LogP) is 2.56. The number of amides is 2. The van der Waals surface area contributed by atoms with Crippen molar-refractivity contribution in [2.45, 2.75) is 32.2 Å². The second kappa shape index (κ2) is 9.87. The van der Waals surface area contributed by atoms with Crippen molar-refractivity contribution in [3.63, 3.8) is 0 Å². The molecule has 1 aliphatic heterocycles. The van der Waals surface area contributed by atoms with E-state index in [1.807, 2.05) is 11.8 Å². The lowest BCUT2D eigenvalue weighted by Crippen LogP contribution is -2.37. The molecule has 0 aliphatic carbocycles. The fraction of sp³-hybridized carbons (Fsp3) is 0.529. The fourth-order valence-corrected chi connectivity index (χ4v) is 2.87. The summed E-state index contributed by atoms with van der Waals surface area (Å²) in [5.41, 5.74) is 6.30. The van der Waals surface area contributed by atoms with Gasteiger partial charge in [0.2, 0.25) is 5.91 Å². The Labute approximate surface area is 154 Å². The molecule has 2 N–H and O–H groups in total. The maximum Gasteiger partial charge on any atom is 0.253 e. The summed E-state index contributed by atoms with van der Waals surface area (Å²) in [7, 11) is 0. The van der Waals surface area contributed by atoms with E-state index >= 15 is 0 Å². The zero-order valence-electron chi connectivity index (χ0n) is 13.9. The molecule has 0 spiro atoms. The van der Waals surface area contributed by atoms with Gasteiger partial charge in [-0.15, -0.1) is 12.4 Å². The van der Waals surface area contributed by atoms with E-state index in [1.54, 1.807) is 29.2 Å². The normalized spacial score (nSPS) is 16.1. The molecule has 1 aliphatic rings. The van der Waals surface area contributed by atoms with Gasteiger partial charge in [0.15, 0.2) is 0 Å². The number of benzene rings is 1. The van der Waals surface area contributed by atoms with E-state index < -0.39 is 0 Å². The van der Waals surface area contributed by atoms with Crippen molar-refractivity contribution in [2.75, 3.05) is 26.2 Å². The van der Waals surface area contributed by atoms with Crippen LogP contribution in [-0.2, 0) is 4.79 Å². The van der Waals surface area contributed by atoms with Crippen molar-refractivity contribution in [3.05, 3.63) is 34.9 Å². The molecule has 0 bridgehead atoms. The molecule has 1 heterocycles. The molecule has 0 saturated carbocycles. The molecule has 2 amide bonds. The van der Waals surface area contributed by atoms with Gasteiger partial charge in [-0.25, -0.2) is 0 Å². The third kappa shape index (κ3) is 5.96. The van der Waals surface area contributed by atoms with Crippen LogP contribution in [0.25, 0.3) is 0 Å². The van der Waals surface area contributed by atoms with E-state index in [-0.39, 0.29) is 30.3 Å². The summed E-state index contributed by atoms with van der Waals surface area (Å²) in [5, 5.41) is 0.554. The highest BCUT2D eigenvalue weighted by Crippen LogP contribution is 2.15. The van der Waals surface area contributed by atoms with Crippen LogP contribution in [0.4, 0.5) is 0 Å². The number of halogens is 2. The third-order valence-corrected chi connectivity index (χ3v) is 4.26.